The number of methoxy groups -OCH3 is 1. The second kappa shape index (κ2) is 8.40. The lowest BCUT2D eigenvalue weighted by atomic mass is 9.97. The van der Waals surface area contributed by atoms with Gasteiger partial charge in [0.1, 0.15) is 5.75 Å². The fraction of sp³-hybridized carbons (Fsp3) is 0.667. The molecule has 1 N–H and O–H groups in total. The monoisotopic (exact) mass is 292 g/mol. The van der Waals surface area contributed by atoms with Crippen LogP contribution in [0.4, 0.5) is 0 Å². The Hall–Kier alpha value is -1.06. The molecule has 0 fully saturated rings. The zero-order valence-corrected chi connectivity index (χ0v) is 14.7. The van der Waals surface area contributed by atoms with Crippen molar-refractivity contribution in [3.8, 4) is 5.75 Å². The minimum Gasteiger partial charge on any atom is -0.497 e. The van der Waals surface area contributed by atoms with E-state index in [1.54, 1.807) is 7.11 Å². The molecule has 0 heterocycles. The van der Waals surface area contributed by atoms with Crippen molar-refractivity contribution in [3.63, 3.8) is 0 Å². The van der Waals surface area contributed by atoms with Crippen molar-refractivity contribution in [3.05, 3.63) is 29.8 Å². The van der Waals surface area contributed by atoms with Gasteiger partial charge in [-0.25, -0.2) is 0 Å². The van der Waals surface area contributed by atoms with Gasteiger partial charge in [-0.05, 0) is 51.4 Å². The second-order valence-electron chi connectivity index (χ2n) is 6.46. The molecule has 21 heavy (non-hydrogen) atoms. The van der Waals surface area contributed by atoms with E-state index in [-0.39, 0.29) is 0 Å². The maximum atomic E-state index is 5.25. The predicted octanol–water partition coefficient (Wildman–Crippen LogP) is 3.71. The summed E-state index contributed by atoms with van der Waals surface area (Å²) in [7, 11) is 3.75. The van der Waals surface area contributed by atoms with Crippen LogP contribution in [0.5, 0.6) is 5.75 Å². The first-order valence-electron chi connectivity index (χ1n) is 7.97. The van der Waals surface area contributed by atoms with Crippen molar-refractivity contribution in [2.75, 3.05) is 20.7 Å². The summed E-state index contributed by atoms with van der Waals surface area (Å²) < 4.78 is 5.25. The quantitative estimate of drug-likeness (QED) is 0.790. The van der Waals surface area contributed by atoms with Crippen LogP contribution in [0.2, 0.25) is 0 Å². The molecule has 0 bridgehead atoms. The molecule has 0 radical (unpaired) electrons. The number of benzene rings is 1. The van der Waals surface area contributed by atoms with E-state index < -0.39 is 0 Å². The summed E-state index contributed by atoms with van der Waals surface area (Å²) in [6, 6.07) is 9.68. The molecule has 1 aromatic carbocycles. The number of hydrogen-bond acceptors (Lipinski definition) is 3. The Bertz CT molecular complexity index is 400. The fourth-order valence-electron chi connectivity index (χ4n) is 2.96. The number of nitrogens with zero attached hydrogens (tertiary/aromatic N) is 1. The molecule has 0 amide bonds. The zero-order chi connectivity index (χ0) is 16.0. The summed E-state index contributed by atoms with van der Waals surface area (Å²) in [5.74, 6) is 1.58. The maximum Gasteiger partial charge on any atom is 0.118 e. The number of hydrogen-bond donors (Lipinski definition) is 1. The highest BCUT2D eigenvalue weighted by Gasteiger charge is 2.26. The van der Waals surface area contributed by atoms with Gasteiger partial charge in [0.25, 0.3) is 0 Å². The summed E-state index contributed by atoms with van der Waals surface area (Å²) in [6.07, 6.45) is 0. The van der Waals surface area contributed by atoms with Gasteiger partial charge in [0.2, 0.25) is 0 Å². The maximum absolute atomic E-state index is 5.25. The van der Waals surface area contributed by atoms with Crippen molar-refractivity contribution >= 4 is 0 Å². The summed E-state index contributed by atoms with van der Waals surface area (Å²) in [4.78, 5) is 2.58. The minimum atomic E-state index is 0.317. The first kappa shape index (κ1) is 18.0. The Morgan fingerprint density at radius 1 is 1.05 bits per heavy atom. The van der Waals surface area contributed by atoms with Crippen LogP contribution in [0.15, 0.2) is 24.3 Å². The molecule has 0 aliphatic carbocycles. The van der Waals surface area contributed by atoms with Crippen LogP contribution in [0, 0.1) is 5.92 Å². The molecule has 0 aliphatic heterocycles. The van der Waals surface area contributed by atoms with Crippen molar-refractivity contribution in [2.24, 2.45) is 5.92 Å². The van der Waals surface area contributed by atoms with Crippen LogP contribution in [-0.4, -0.2) is 37.7 Å². The van der Waals surface area contributed by atoms with Crippen molar-refractivity contribution in [1.82, 2.24) is 10.2 Å². The second-order valence-corrected chi connectivity index (χ2v) is 6.46. The molecule has 2 unspecified atom stereocenters. The van der Waals surface area contributed by atoms with Crippen LogP contribution in [0.1, 0.15) is 46.2 Å². The van der Waals surface area contributed by atoms with E-state index in [2.05, 4.69) is 57.0 Å². The molecule has 0 spiro atoms. The molecule has 2 atom stereocenters. The smallest absolute Gasteiger partial charge is 0.118 e. The Kier molecular flexibility index (Phi) is 7.20. The average Bonchev–Trinajstić information content (AvgIpc) is 2.45. The standard InChI is InChI=1S/C18H32N2O/c1-13(2)12-20(14(3)4)15(5)18(19-6)16-8-10-17(21-7)11-9-16/h8-11,13-15,18-19H,12H2,1-7H3. The van der Waals surface area contributed by atoms with Gasteiger partial charge in [0.05, 0.1) is 7.11 Å². The molecular weight excluding hydrogens is 260 g/mol. The first-order valence-corrected chi connectivity index (χ1v) is 7.97. The van der Waals surface area contributed by atoms with E-state index in [1.807, 2.05) is 19.2 Å². The Labute approximate surface area is 130 Å². The molecule has 0 aromatic heterocycles. The highest BCUT2D eigenvalue weighted by Crippen LogP contribution is 2.25. The zero-order valence-electron chi connectivity index (χ0n) is 14.7. The predicted molar refractivity (Wildman–Crippen MR) is 90.9 cm³/mol. The van der Waals surface area contributed by atoms with Gasteiger partial charge < -0.3 is 10.1 Å². The molecule has 0 saturated carbocycles. The molecule has 0 aliphatic rings. The third-order valence-corrected chi connectivity index (χ3v) is 4.03. The molecule has 1 aromatic rings. The van der Waals surface area contributed by atoms with E-state index in [4.69, 9.17) is 4.74 Å². The van der Waals surface area contributed by atoms with Gasteiger partial charge in [-0.2, -0.15) is 0 Å². The summed E-state index contributed by atoms with van der Waals surface area (Å²) in [5, 5.41) is 3.48. The number of ether oxygens (including phenoxy) is 1. The van der Waals surface area contributed by atoms with Gasteiger partial charge in [-0.15, -0.1) is 0 Å². The number of likely N-dealkylation sites (N-methyl/N-ethyl adjacent to an activating group) is 1. The molecule has 3 heteroatoms. The summed E-state index contributed by atoms with van der Waals surface area (Å²) in [6.45, 7) is 12.5. The Morgan fingerprint density at radius 2 is 1.62 bits per heavy atom. The molecular formula is C18H32N2O. The van der Waals surface area contributed by atoms with Crippen LogP contribution in [0.3, 0.4) is 0 Å². The summed E-state index contributed by atoms with van der Waals surface area (Å²) >= 11 is 0. The van der Waals surface area contributed by atoms with E-state index in [9.17, 15) is 0 Å². The van der Waals surface area contributed by atoms with Gasteiger partial charge in [0, 0.05) is 24.7 Å². The highest BCUT2D eigenvalue weighted by molar-refractivity contribution is 5.29. The molecule has 120 valence electrons. The van der Waals surface area contributed by atoms with Crippen molar-refractivity contribution in [2.45, 2.75) is 52.7 Å². The van der Waals surface area contributed by atoms with Crippen LogP contribution in [0.25, 0.3) is 0 Å². The third kappa shape index (κ3) is 5.01. The molecule has 3 nitrogen and oxygen atoms in total. The van der Waals surface area contributed by atoms with Crippen molar-refractivity contribution in [1.29, 1.82) is 0 Å². The van der Waals surface area contributed by atoms with Gasteiger partial charge in [0.15, 0.2) is 0 Å². The number of rotatable bonds is 8. The topological polar surface area (TPSA) is 24.5 Å². The van der Waals surface area contributed by atoms with Crippen LogP contribution < -0.4 is 10.1 Å². The van der Waals surface area contributed by atoms with Gasteiger partial charge in [-0.3, -0.25) is 4.90 Å². The fourth-order valence-corrected chi connectivity index (χ4v) is 2.96. The van der Waals surface area contributed by atoms with E-state index in [0.717, 1.165) is 12.3 Å². The van der Waals surface area contributed by atoms with E-state index in [0.29, 0.717) is 24.0 Å². The van der Waals surface area contributed by atoms with E-state index >= 15 is 0 Å². The molecule has 0 saturated heterocycles. The lowest BCUT2D eigenvalue weighted by Crippen LogP contribution is -2.47. The van der Waals surface area contributed by atoms with Crippen LogP contribution >= 0.6 is 0 Å². The SMILES string of the molecule is CNC(c1ccc(OC)cc1)C(C)N(CC(C)C)C(C)C. The van der Waals surface area contributed by atoms with E-state index in [1.165, 1.54) is 5.56 Å². The normalized spacial score (nSPS) is 14.8. The van der Waals surface area contributed by atoms with Crippen molar-refractivity contribution < 1.29 is 4.74 Å². The largest absolute Gasteiger partial charge is 0.497 e. The highest BCUT2D eigenvalue weighted by atomic mass is 16.5. The van der Waals surface area contributed by atoms with Gasteiger partial charge >= 0.3 is 0 Å². The average molecular weight is 292 g/mol. The number of nitrogens with one attached hydrogen (secondary N) is 1. The molecule has 1 rings (SSSR count). The first-order chi connectivity index (χ1) is 9.90. The van der Waals surface area contributed by atoms with Gasteiger partial charge in [-0.1, -0.05) is 26.0 Å². The Morgan fingerprint density at radius 3 is 2.00 bits per heavy atom. The Balaban J connectivity index is 2.94. The lowest BCUT2D eigenvalue weighted by molar-refractivity contribution is 0.118. The van der Waals surface area contributed by atoms with Crippen LogP contribution in [-0.2, 0) is 0 Å². The minimum absolute atomic E-state index is 0.317. The summed E-state index contributed by atoms with van der Waals surface area (Å²) in [5.41, 5.74) is 1.31. The lowest BCUT2D eigenvalue weighted by Gasteiger charge is -2.38. The third-order valence-electron chi connectivity index (χ3n) is 4.03.